The van der Waals surface area contributed by atoms with Crippen molar-refractivity contribution in [3.8, 4) is 0 Å². The average molecular weight is 387 g/mol. The van der Waals surface area contributed by atoms with Crippen molar-refractivity contribution in [2.24, 2.45) is 5.10 Å². The first-order chi connectivity index (χ1) is 14.3. The van der Waals surface area contributed by atoms with Crippen LogP contribution in [0.4, 0.5) is 0 Å². The zero-order valence-electron chi connectivity index (χ0n) is 16.4. The summed E-state index contributed by atoms with van der Waals surface area (Å²) < 4.78 is 5.54. The van der Waals surface area contributed by atoms with Crippen molar-refractivity contribution < 1.29 is 9.53 Å². The predicted octanol–water partition coefficient (Wildman–Crippen LogP) is 3.87. The lowest BCUT2D eigenvalue weighted by Crippen LogP contribution is -2.36. The Labute approximate surface area is 171 Å². The van der Waals surface area contributed by atoms with Crippen molar-refractivity contribution in [1.29, 1.82) is 0 Å². The smallest absolute Gasteiger partial charge is 0.271 e. The van der Waals surface area contributed by atoms with E-state index in [1.165, 1.54) is 16.8 Å². The van der Waals surface area contributed by atoms with E-state index in [1.807, 2.05) is 24.3 Å². The van der Waals surface area contributed by atoms with Crippen LogP contribution in [-0.2, 0) is 4.74 Å². The molecule has 2 aliphatic rings. The van der Waals surface area contributed by atoms with Gasteiger partial charge < -0.3 is 9.64 Å². The zero-order chi connectivity index (χ0) is 19.9. The molecule has 0 spiro atoms. The SMILES string of the molecule is O=C(N/N=C\C1=C(N2CCOCC2)C(=C\c2ccccc2)/CC1)c1ccccc1. The lowest BCUT2D eigenvalue weighted by Gasteiger charge is -2.31. The molecule has 0 atom stereocenters. The fourth-order valence-electron chi connectivity index (χ4n) is 3.75. The molecular weight excluding hydrogens is 362 g/mol. The van der Waals surface area contributed by atoms with Crippen molar-refractivity contribution in [2.75, 3.05) is 26.3 Å². The monoisotopic (exact) mass is 387 g/mol. The molecule has 5 nitrogen and oxygen atoms in total. The number of rotatable bonds is 5. The van der Waals surface area contributed by atoms with E-state index in [-0.39, 0.29) is 5.91 Å². The summed E-state index contributed by atoms with van der Waals surface area (Å²) in [4.78, 5) is 14.6. The number of nitrogens with one attached hydrogen (secondary N) is 1. The largest absolute Gasteiger partial charge is 0.378 e. The molecule has 0 aromatic heterocycles. The minimum atomic E-state index is -0.201. The van der Waals surface area contributed by atoms with Crippen LogP contribution in [0.3, 0.4) is 0 Å². The van der Waals surface area contributed by atoms with Crippen LogP contribution >= 0.6 is 0 Å². The van der Waals surface area contributed by atoms with E-state index in [0.29, 0.717) is 5.56 Å². The number of carbonyl (C=O) groups is 1. The minimum Gasteiger partial charge on any atom is -0.378 e. The Bertz CT molecular complexity index is 927. The second-order valence-corrected chi connectivity index (χ2v) is 7.12. The van der Waals surface area contributed by atoms with Crippen LogP contribution < -0.4 is 5.43 Å². The number of benzene rings is 2. The summed E-state index contributed by atoms with van der Waals surface area (Å²) in [6, 6.07) is 19.5. The lowest BCUT2D eigenvalue weighted by molar-refractivity contribution is 0.0548. The molecule has 1 N–H and O–H groups in total. The molecule has 0 bridgehead atoms. The maximum Gasteiger partial charge on any atom is 0.271 e. The van der Waals surface area contributed by atoms with E-state index in [1.54, 1.807) is 18.3 Å². The molecule has 4 rings (SSSR count). The van der Waals surface area contributed by atoms with Gasteiger partial charge in [0.15, 0.2) is 0 Å². The number of ether oxygens (including phenoxy) is 1. The molecular formula is C24H25N3O2. The van der Waals surface area contributed by atoms with E-state index >= 15 is 0 Å². The molecule has 5 heteroatoms. The first-order valence-corrected chi connectivity index (χ1v) is 10.0. The van der Waals surface area contributed by atoms with Crippen LogP contribution in [0.15, 0.2) is 82.6 Å². The number of hydrazone groups is 1. The van der Waals surface area contributed by atoms with Crippen LogP contribution in [0, 0.1) is 0 Å². The maximum absolute atomic E-state index is 12.2. The molecule has 1 aliphatic heterocycles. The highest BCUT2D eigenvalue weighted by molar-refractivity contribution is 5.95. The van der Waals surface area contributed by atoms with E-state index < -0.39 is 0 Å². The molecule has 148 valence electrons. The van der Waals surface area contributed by atoms with Gasteiger partial charge in [-0.05, 0) is 47.8 Å². The minimum absolute atomic E-state index is 0.201. The van der Waals surface area contributed by atoms with E-state index in [2.05, 4.69) is 45.8 Å². The molecule has 0 unspecified atom stereocenters. The van der Waals surface area contributed by atoms with Gasteiger partial charge >= 0.3 is 0 Å². The maximum atomic E-state index is 12.2. The molecule has 2 aromatic rings. The van der Waals surface area contributed by atoms with Crippen LogP contribution in [0.2, 0.25) is 0 Å². The van der Waals surface area contributed by atoms with Crippen LogP contribution in [0.1, 0.15) is 28.8 Å². The quantitative estimate of drug-likeness (QED) is 0.626. The molecule has 1 saturated heterocycles. The molecule has 29 heavy (non-hydrogen) atoms. The van der Waals surface area contributed by atoms with E-state index in [9.17, 15) is 4.79 Å². The molecule has 0 radical (unpaired) electrons. The van der Waals surface area contributed by atoms with Gasteiger partial charge in [-0.2, -0.15) is 5.10 Å². The highest BCUT2D eigenvalue weighted by Gasteiger charge is 2.25. The third kappa shape index (κ3) is 4.81. The molecule has 2 aromatic carbocycles. The topological polar surface area (TPSA) is 53.9 Å². The average Bonchev–Trinajstić information content (AvgIpc) is 3.18. The number of hydrogen-bond acceptors (Lipinski definition) is 4. The Morgan fingerprint density at radius 3 is 2.38 bits per heavy atom. The van der Waals surface area contributed by atoms with Crippen LogP contribution in [0.25, 0.3) is 6.08 Å². The van der Waals surface area contributed by atoms with Crippen molar-refractivity contribution in [3.63, 3.8) is 0 Å². The Morgan fingerprint density at radius 1 is 0.966 bits per heavy atom. The standard InChI is InChI=1S/C24H25N3O2/c28-24(20-9-5-2-6-10-20)26-25-18-22-12-11-21(17-19-7-3-1-4-8-19)23(22)27-13-15-29-16-14-27/h1-10,17-18H,11-16H2,(H,26,28)/b21-17-,25-18-. The van der Waals surface area contributed by atoms with Gasteiger partial charge in [-0.1, -0.05) is 48.5 Å². The molecule has 1 aliphatic carbocycles. The van der Waals surface area contributed by atoms with Gasteiger partial charge in [0.25, 0.3) is 5.91 Å². The number of hydrogen-bond donors (Lipinski definition) is 1. The fourth-order valence-corrected chi connectivity index (χ4v) is 3.75. The van der Waals surface area contributed by atoms with Crippen molar-refractivity contribution >= 4 is 18.2 Å². The Balaban J connectivity index is 1.56. The normalized spacial score (nSPS) is 18.6. The Morgan fingerprint density at radius 2 is 1.66 bits per heavy atom. The first-order valence-electron chi connectivity index (χ1n) is 10.0. The van der Waals surface area contributed by atoms with Gasteiger partial charge in [-0.15, -0.1) is 0 Å². The van der Waals surface area contributed by atoms with E-state index in [4.69, 9.17) is 4.74 Å². The number of amides is 1. The number of carbonyl (C=O) groups excluding carboxylic acids is 1. The summed E-state index contributed by atoms with van der Waals surface area (Å²) in [7, 11) is 0. The van der Waals surface area contributed by atoms with Gasteiger partial charge in [0, 0.05) is 24.4 Å². The third-order valence-corrected chi connectivity index (χ3v) is 5.16. The van der Waals surface area contributed by atoms with Gasteiger partial charge in [0.05, 0.1) is 19.4 Å². The summed E-state index contributed by atoms with van der Waals surface area (Å²) in [5, 5.41) is 4.25. The van der Waals surface area contributed by atoms with Gasteiger partial charge in [-0.3, -0.25) is 4.79 Å². The number of allylic oxidation sites excluding steroid dienone is 2. The van der Waals surface area contributed by atoms with Crippen LogP contribution in [-0.4, -0.2) is 43.3 Å². The second kappa shape index (κ2) is 9.34. The Hall–Kier alpha value is -3.18. The highest BCUT2D eigenvalue weighted by Crippen LogP contribution is 2.34. The summed E-state index contributed by atoms with van der Waals surface area (Å²) >= 11 is 0. The summed E-state index contributed by atoms with van der Waals surface area (Å²) in [5.74, 6) is -0.201. The predicted molar refractivity (Wildman–Crippen MR) is 115 cm³/mol. The fraction of sp³-hybridized carbons (Fsp3) is 0.250. The zero-order valence-corrected chi connectivity index (χ0v) is 16.4. The van der Waals surface area contributed by atoms with Gasteiger partial charge in [0.2, 0.25) is 0 Å². The molecule has 0 saturated carbocycles. The second-order valence-electron chi connectivity index (χ2n) is 7.12. The van der Waals surface area contributed by atoms with Crippen LogP contribution in [0.5, 0.6) is 0 Å². The van der Waals surface area contributed by atoms with Gasteiger partial charge in [-0.25, -0.2) is 5.43 Å². The first kappa shape index (κ1) is 19.2. The van der Waals surface area contributed by atoms with Crippen molar-refractivity contribution in [3.05, 3.63) is 88.6 Å². The molecule has 1 fully saturated rings. The molecule has 1 heterocycles. The van der Waals surface area contributed by atoms with E-state index in [0.717, 1.165) is 44.7 Å². The van der Waals surface area contributed by atoms with Gasteiger partial charge in [0.1, 0.15) is 0 Å². The summed E-state index contributed by atoms with van der Waals surface area (Å²) in [6.45, 7) is 3.21. The highest BCUT2D eigenvalue weighted by atomic mass is 16.5. The summed E-state index contributed by atoms with van der Waals surface area (Å²) in [5.41, 5.74) is 8.15. The third-order valence-electron chi connectivity index (χ3n) is 5.16. The molecule has 1 amide bonds. The van der Waals surface area contributed by atoms with Crippen molar-refractivity contribution in [2.45, 2.75) is 12.8 Å². The lowest BCUT2D eigenvalue weighted by atomic mass is 10.1. The summed E-state index contributed by atoms with van der Waals surface area (Å²) in [6.07, 6.45) is 5.94. The number of nitrogens with zero attached hydrogens (tertiary/aromatic N) is 2. The Kier molecular flexibility index (Phi) is 6.17. The van der Waals surface area contributed by atoms with Crippen molar-refractivity contribution in [1.82, 2.24) is 10.3 Å². The number of morpholine rings is 1.